The van der Waals surface area contributed by atoms with E-state index in [1.807, 2.05) is 0 Å². The molecule has 0 heterocycles. The smallest absolute Gasteiger partial charge is 0.314 e. The minimum absolute atomic E-state index is 0.0269. The van der Waals surface area contributed by atoms with Gasteiger partial charge >= 0.3 is 6.03 Å². The molecule has 0 saturated heterocycles. The quantitative estimate of drug-likeness (QED) is 0.384. The normalized spacial score (nSPS) is 11.7. The zero-order chi connectivity index (χ0) is 18.5. The van der Waals surface area contributed by atoms with E-state index in [4.69, 9.17) is 9.47 Å². The minimum atomic E-state index is -3.27. The van der Waals surface area contributed by atoms with E-state index in [0.717, 1.165) is 10.8 Å². The predicted molar refractivity (Wildman–Crippen MR) is 91.0 cm³/mol. The van der Waals surface area contributed by atoms with Crippen LogP contribution in [0.15, 0.2) is 24.0 Å². The number of rotatable bonds is 14. The summed E-state index contributed by atoms with van der Waals surface area (Å²) in [6, 6.07) is -0.431. The molecule has 0 aliphatic rings. The molecule has 0 aliphatic carbocycles. The zero-order valence-corrected chi connectivity index (χ0v) is 15.0. The fraction of sp³-hybridized carbons (Fsp3) is 0.615. The van der Waals surface area contributed by atoms with Crippen molar-refractivity contribution in [3.05, 3.63) is 24.0 Å². The minimum Gasteiger partial charge on any atom is -0.379 e. The number of urea groups is 1. The number of nitrogens with one attached hydrogen (secondary N) is 2. The van der Waals surface area contributed by atoms with Crippen molar-refractivity contribution >= 4 is 25.7 Å². The fourth-order valence-electron chi connectivity index (χ4n) is 1.26. The number of carbonyl (C=O) groups is 1. The second-order valence-corrected chi connectivity index (χ2v) is 8.61. The molecule has 0 saturated carbocycles. The van der Waals surface area contributed by atoms with Crippen LogP contribution in [-0.4, -0.2) is 73.9 Å². The Balaban J connectivity index is 3.51. The number of hydrogen-bond acceptors (Lipinski definition) is 7. The number of sulfone groups is 2. The molecule has 2 amide bonds. The molecule has 24 heavy (non-hydrogen) atoms. The summed E-state index contributed by atoms with van der Waals surface area (Å²) in [6.45, 7) is 7.21. The van der Waals surface area contributed by atoms with Crippen molar-refractivity contribution in [1.82, 2.24) is 10.6 Å². The van der Waals surface area contributed by atoms with Crippen molar-refractivity contribution in [1.29, 1.82) is 0 Å². The summed E-state index contributed by atoms with van der Waals surface area (Å²) in [4.78, 5) is 11.4. The first-order chi connectivity index (χ1) is 11.2. The summed E-state index contributed by atoms with van der Waals surface area (Å²) in [5.41, 5.74) is 0. The van der Waals surface area contributed by atoms with Crippen molar-refractivity contribution in [2.75, 3.05) is 51.0 Å². The highest BCUT2D eigenvalue weighted by Gasteiger charge is 2.05. The Bertz CT molecular complexity index is 548. The highest BCUT2D eigenvalue weighted by molar-refractivity contribution is 7.94. The van der Waals surface area contributed by atoms with E-state index < -0.39 is 25.7 Å². The van der Waals surface area contributed by atoms with Gasteiger partial charge in [0.15, 0.2) is 19.7 Å². The van der Waals surface area contributed by atoms with Crippen molar-refractivity contribution in [2.45, 2.75) is 0 Å². The molecule has 0 spiro atoms. The largest absolute Gasteiger partial charge is 0.379 e. The summed E-state index contributed by atoms with van der Waals surface area (Å²) in [5.74, 6) is -0.302. The van der Waals surface area contributed by atoms with Crippen LogP contribution in [-0.2, 0) is 29.1 Å². The molecule has 0 fully saturated rings. The Labute approximate surface area is 142 Å². The zero-order valence-electron chi connectivity index (χ0n) is 13.4. The van der Waals surface area contributed by atoms with E-state index in [1.54, 1.807) is 0 Å². The first-order valence-electron chi connectivity index (χ1n) is 7.10. The van der Waals surface area contributed by atoms with E-state index in [-0.39, 0.29) is 51.0 Å². The number of ether oxygens (including phenoxy) is 2. The van der Waals surface area contributed by atoms with Crippen molar-refractivity contribution < 1.29 is 31.1 Å². The van der Waals surface area contributed by atoms with Gasteiger partial charge in [0, 0.05) is 23.9 Å². The molecule has 0 atom stereocenters. The second-order valence-electron chi connectivity index (χ2n) is 4.47. The van der Waals surface area contributed by atoms with E-state index >= 15 is 0 Å². The lowest BCUT2D eigenvalue weighted by molar-refractivity contribution is 0.146. The molecule has 0 aromatic carbocycles. The highest BCUT2D eigenvalue weighted by atomic mass is 32.2. The number of amides is 2. The molecular weight excluding hydrogens is 360 g/mol. The fourth-order valence-corrected chi connectivity index (χ4v) is 2.29. The third-order valence-electron chi connectivity index (χ3n) is 2.60. The van der Waals surface area contributed by atoms with Gasteiger partial charge in [-0.3, -0.25) is 0 Å². The number of hydrogen-bond donors (Lipinski definition) is 2. The molecule has 11 heteroatoms. The van der Waals surface area contributed by atoms with Gasteiger partial charge in [0.1, 0.15) is 0 Å². The third-order valence-corrected chi connectivity index (χ3v) is 5.08. The maximum absolute atomic E-state index is 11.4. The van der Waals surface area contributed by atoms with Crippen LogP contribution in [0.4, 0.5) is 4.79 Å². The Hall–Kier alpha value is -1.43. The maximum Gasteiger partial charge on any atom is 0.314 e. The van der Waals surface area contributed by atoms with Gasteiger partial charge in [-0.2, -0.15) is 0 Å². The molecule has 0 unspecified atom stereocenters. The Morgan fingerprint density at radius 3 is 1.50 bits per heavy atom. The van der Waals surface area contributed by atoms with Crippen LogP contribution >= 0.6 is 0 Å². The van der Waals surface area contributed by atoms with Gasteiger partial charge in [-0.25, -0.2) is 21.6 Å². The van der Waals surface area contributed by atoms with E-state index in [2.05, 4.69) is 23.8 Å². The average Bonchev–Trinajstić information content (AvgIpc) is 2.54. The average molecular weight is 384 g/mol. The SMILES string of the molecule is C=CS(=O)(=O)CCOCCNC(=O)NCCOCCS(=O)(=O)C=C. The van der Waals surface area contributed by atoms with Crippen molar-refractivity contribution in [3.63, 3.8) is 0 Å². The third kappa shape index (κ3) is 13.0. The highest BCUT2D eigenvalue weighted by Crippen LogP contribution is 1.91. The molecule has 140 valence electrons. The molecule has 0 bridgehead atoms. The van der Waals surface area contributed by atoms with Gasteiger partial charge in [0.2, 0.25) is 0 Å². The molecular formula is C13H24N2O7S2. The molecule has 9 nitrogen and oxygen atoms in total. The van der Waals surface area contributed by atoms with E-state index in [0.29, 0.717) is 0 Å². The Morgan fingerprint density at radius 1 is 0.792 bits per heavy atom. The molecule has 0 aromatic heterocycles. The lowest BCUT2D eigenvalue weighted by Crippen LogP contribution is -2.39. The predicted octanol–water partition coefficient (Wildman–Crippen LogP) is -0.565. The van der Waals surface area contributed by atoms with Crippen molar-refractivity contribution in [2.24, 2.45) is 0 Å². The summed E-state index contributed by atoms with van der Waals surface area (Å²) >= 11 is 0. The van der Waals surface area contributed by atoms with Crippen molar-refractivity contribution in [3.8, 4) is 0 Å². The molecule has 0 aromatic rings. The second kappa shape index (κ2) is 12.0. The Kier molecular flexibility index (Phi) is 11.3. The summed E-state index contributed by atoms with van der Waals surface area (Å²) in [5, 5.41) is 6.76. The first kappa shape index (κ1) is 22.6. The monoisotopic (exact) mass is 384 g/mol. The van der Waals surface area contributed by atoms with Crippen LogP contribution in [0.3, 0.4) is 0 Å². The van der Waals surface area contributed by atoms with E-state index in [1.165, 1.54) is 0 Å². The van der Waals surface area contributed by atoms with Crippen LogP contribution < -0.4 is 10.6 Å². The van der Waals surface area contributed by atoms with Crippen LogP contribution in [0.2, 0.25) is 0 Å². The van der Waals surface area contributed by atoms with Gasteiger partial charge in [-0.15, -0.1) is 0 Å². The van der Waals surface area contributed by atoms with Crippen LogP contribution in [0, 0.1) is 0 Å². The lowest BCUT2D eigenvalue weighted by Gasteiger charge is -2.08. The first-order valence-corrected chi connectivity index (χ1v) is 10.5. The standard InChI is InChI=1S/C13H24N2O7S2/c1-3-23(17,18)11-9-21-7-5-14-13(16)15-6-8-22-10-12-24(19,20)4-2/h3-4H,1-2,5-12H2,(H2,14,15,16). The van der Waals surface area contributed by atoms with Crippen LogP contribution in [0.1, 0.15) is 0 Å². The molecule has 0 aliphatic heterocycles. The maximum atomic E-state index is 11.4. The van der Waals surface area contributed by atoms with Gasteiger partial charge in [-0.05, 0) is 0 Å². The Morgan fingerprint density at radius 2 is 1.17 bits per heavy atom. The number of carbonyl (C=O) groups excluding carboxylic acids is 1. The molecule has 0 radical (unpaired) electrons. The summed E-state index contributed by atoms with van der Waals surface area (Å²) < 4.78 is 54.4. The van der Waals surface area contributed by atoms with Crippen LogP contribution in [0.5, 0.6) is 0 Å². The summed E-state index contributed by atoms with van der Waals surface area (Å²) in [7, 11) is -6.54. The topological polar surface area (TPSA) is 128 Å². The van der Waals surface area contributed by atoms with Gasteiger partial charge < -0.3 is 20.1 Å². The van der Waals surface area contributed by atoms with E-state index in [9.17, 15) is 21.6 Å². The summed E-state index contributed by atoms with van der Waals surface area (Å²) in [6.07, 6.45) is 0. The molecule has 0 rings (SSSR count). The lowest BCUT2D eigenvalue weighted by atomic mass is 10.6. The van der Waals surface area contributed by atoms with Gasteiger partial charge in [-0.1, -0.05) is 13.2 Å². The van der Waals surface area contributed by atoms with Gasteiger partial charge in [0.25, 0.3) is 0 Å². The van der Waals surface area contributed by atoms with Gasteiger partial charge in [0.05, 0.1) is 37.9 Å². The molecule has 2 N–H and O–H groups in total. The van der Waals surface area contributed by atoms with Crippen LogP contribution in [0.25, 0.3) is 0 Å².